The summed E-state index contributed by atoms with van der Waals surface area (Å²) >= 11 is 2.02. The van der Waals surface area contributed by atoms with Crippen molar-refractivity contribution in [2.45, 2.75) is 101 Å². The smallest absolute Gasteiger partial charge is 0.303 e. The molecule has 0 aromatic heterocycles. The molecular formula is C23H36O3S. The lowest BCUT2D eigenvalue weighted by Gasteiger charge is -2.36. The second-order valence-electron chi connectivity index (χ2n) is 9.35. The van der Waals surface area contributed by atoms with Crippen molar-refractivity contribution in [3.8, 4) is 0 Å². The molecule has 4 heteroatoms. The molecule has 27 heavy (non-hydrogen) atoms. The van der Waals surface area contributed by atoms with Gasteiger partial charge in [0.2, 0.25) is 0 Å². The third kappa shape index (κ3) is 4.93. The number of thioether (sulfide) groups is 1. The third-order valence-electron chi connectivity index (χ3n) is 7.44. The number of hydrogen-bond acceptors (Lipinski definition) is 3. The molecule has 0 saturated heterocycles. The maximum atomic E-state index is 10.6. The number of carbonyl (C=O) groups is 1. The molecule has 3 saturated carbocycles. The Morgan fingerprint density at radius 3 is 2.56 bits per heavy atom. The van der Waals surface area contributed by atoms with Crippen LogP contribution in [0.1, 0.15) is 84.0 Å². The minimum absolute atomic E-state index is 0.319. The highest BCUT2D eigenvalue weighted by atomic mass is 32.2. The maximum Gasteiger partial charge on any atom is 0.303 e. The summed E-state index contributed by atoms with van der Waals surface area (Å²) in [6.07, 6.45) is 15.3. The molecule has 0 amide bonds. The Kier molecular flexibility index (Phi) is 6.53. The lowest BCUT2D eigenvalue weighted by atomic mass is 9.76. The predicted molar refractivity (Wildman–Crippen MR) is 111 cm³/mol. The Balaban J connectivity index is 1.29. The number of rotatable bonds is 8. The zero-order valence-electron chi connectivity index (χ0n) is 16.8. The fraction of sp³-hybridized carbons (Fsp3) is 0.870. The largest absolute Gasteiger partial charge is 0.481 e. The van der Waals surface area contributed by atoms with Crippen molar-refractivity contribution in [1.82, 2.24) is 0 Å². The van der Waals surface area contributed by atoms with Gasteiger partial charge in [-0.05, 0) is 93.8 Å². The molecule has 0 radical (unpaired) electrons. The molecule has 0 aromatic carbocycles. The first kappa shape index (κ1) is 19.8. The lowest BCUT2D eigenvalue weighted by molar-refractivity contribution is -0.137. The number of carboxylic acid groups (broad SMARTS) is 1. The Morgan fingerprint density at radius 2 is 1.85 bits per heavy atom. The number of hydrogen-bond donors (Lipinski definition) is 1. The molecule has 0 heterocycles. The molecule has 4 rings (SSSR count). The highest BCUT2D eigenvalue weighted by Gasteiger charge is 2.49. The van der Waals surface area contributed by atoms with Crippen LogP contribution in [0.5, 0.6) is 0 Å². The van der Waals surface area contributed by atoms with Crippen LogP contribution >= 0.6 is 11.8 Å². The van der Waals surface area contributed by atoms with Gasteiger partial charge in [-0.3, -0.25) is 4.79 Å². The normalized spacial score (nSPS) is 36.7. The molecule has 0 aromatic rings. The Labute approximate surface area is 168 Å². The van der Waals surface area contributed by atoms with Crippen molar-refractivity contribution in [2.75, 3.05) is 5.75 Å². The van der Waals surface area contributed by atoms with Gasteiger partial charge in [0.15, 0.2) is 0 Å². The molecule has 3 atom stereocenters. The number of fused-ring (bicyclic) bond motifs is 1. The highest BCUT2D eigenvalue weighted by Crippen LogP contribution is 2.57. The van der Waals surface area contributed by atoms with Crippen LogP contribution in [-0.2, 0) is 9.53 Å². The van der Waals surface area contributed by atoms with E-state index in [-0.39, 0.29) is 0 Å². The summed E-state index contributed by atoms with van der Waals surface area (Å²) in [5.41, 5.74) is 3.42. The standard InChI is InChI=1S/C23H36O3S/c1-15-21(26-18-5-2-3-6-18)14-17-13-20(17)23(15)16-8-10-19(11-9-16)27-12-4-7-22(24)25/h16-21H,2-14H2,1H3,(H,24,25)/t16?,17?,19?,20-,21-/m0/s1. The van der Waals surface area contributed by atoms with E-state index in [9.17, 15) is 4.79 Å². The Hall–Kier alpha value is -0.480. The van der Waals surface area contributed by atoms with Crippen LogP contribution in [0.3, 0.4) is 0 Å². The molecule has 4 aliphatic carbocycles. The predicted octanol–water partition coefficient (Wildman–Crippen LogP) is 5.83. The highest BCUT2D eigenvalue weighted by molar-refractivity contribution is 7.99. The second-order valence-corrected chi connectivity index (χ2v) is 10.8. The zero-order chi connectivity index (χ0) is 18.8. The topological polar surface area (TPSA) is 46.5 Å². The SMILES string of the molecule is CC1=C(C2CCC(SCCCC(=O)O)CC2)[C@H]2CC2C[C@@H]1OC1CCCC1. The molecular weight excluding hydrogens is 356 g/mol. The van der Waals surface area contributed by atoms with Crippen LogP contribution in [-0.4, -0.2) is 34.3 Å². The molecule has 3 nitrogen and oxygen atoms in total. The second kappa shape index (κ2) is 8.90. The van der Waals surface area contributed by atoms with Crippen molar-refractivity contribution >= 4 is 17.7 Å². The van der Waals surface area contributed by atoms with Gasteiger partial charge in [0.25, 0.3) is 0 Å². The summed E-state index contributed by atoms with van der Waals surface area (Å²) in [6, 6.07) is 0. The minimum atomic E-state index is -0.660. The summed E-state index contributed by atoms with van der Waals surface area (Å²) in [5.74, 6) is 2.94. The summed E-state index contributed by atoms with van der Waals surface area (Å²) in [7, 11) is 0. The van der Waals surface area contributed by atoms with Crippen molar-refractivity contribution in [3.05, 3.63) is 11.1 Å². The molecule has 152 valence electrons. The monoisotopic (exact) mass is 392 g/mol. The van der Waals surface area contributed by atoms with E-state index in [1.54, 1.807) is 5.57 Å². The van der Waals surface area contributed by atoms with Crippen LogP contribution in [0.15, 0.2) is 11.1 Å². The van der Waals surface area contributed by atoms with Crippen molar-refractivity contribution < 1.29 is 14.6 Å². The van der Waals surface area contributed by atoms with E-state index in [4.69, 9.17) is 9.84 Å². The van der Waals surface area contributed by atoms with Crippen LogP contribution in [0.2, 0.25) is 0 Å². The van der Waals surface area contributed by atoms with Gasteiger partial charge in [0, 0.05) is 11.7 Å². The van der Waals surface area contributed by atoms with E-state index in [2.05, 4.69) is 6.92 Å². The first-order valence-electron chi connectivity index (χ1n) is 11.3. The fourth-order valence-corrected chi connectivity index (χ4v) is 7.12. The van der Waals surface area contributed by atoms with E-state index >= 15 is 0 Å². The van der Waals surface area contributed by atoms with Gasteiger partial charge in [-0.25, -0.2) is 0 Å². The van der Waals surface area contributed by atoms with E-state index in [1.165, 1.54) is 64.2 Å². The summed E-state index contributed by atoms with van der Waals surface area (Å²) in [5, 5.41) is 9.52. The average molecular weight is 393 g/mol. The van der Waals surface area contributed by atoms with Gasteiger partial charge in [-0.2, -0.15) is 11.8 Å². The molecule has 1 unspecified atom stereocenters. The van der Waals surface area contributed by atoms with Gasteiger partial charge in [-0.15, -0.1) is 0 Å². The van der Waals surface area contributed by atoms with Gasteiger partial charge in [0.1, 0.15) is 0 Å². The van der Waals surface area contributed by atoms with Crippen molar-refractivity contribution in [1.29, 1.82) is 0 Å². The maximum absolute atomic E-state index is 10.6. The number of allylic oxidation sites excluding steroid dienone is 1. The molecule has 0 spiro atoms. The Morgan fingerprint density at radius 1 is 1.11 bits per heavy atom. The van der Waals surface area contributed by atoms with E-state index in [0.29, 0.717) is 18.6 Å². The van der Waals surface area contributed by atoms with Crippen LogP contribution in [0.25, 0.3) is 0 Å². The van der Waals surface area contributed by atoms with Crippen molar-refractivity contribution in [3.63, 3.8) is 0 Å². The van der Waals surface area contributed by atoms with E-state index in [1.807, 2.05) is 17.3 Å². The number of carboxylic acids is 1. The van der Waals surface area contributed by atoms with Crippen LogP contribution < -0.4 is 0 Å². The summed E-state index contributed by atoms with van der Waals surface area (Å²) in [4.78, 5) is 10.6. The van der Waals surface area contributed by atoms with E-state index in [0.717, 1.165) is 35.2 Å². The van der Waals surface area contributed by atoms with Gasteiger partial charge < -0.3 is 9.84 Å². The molecule has 3 fully saturated rings. The Bertz CT molecular complexity index is 558. The zero-order valence-corrected chi connectivity index (χ0v) is 17.6. The summed E-state index contributed by atoms with van der Waals surface area (Å²) in [6.45, 7) is 2.39. The van der Waals surface area contributed by atoms with Crippen molar-refractivity contribution in [2.24, 2.45) is 17.8 Å². The third-order valence-corrected chi connectivity index (χ3v) is 8.91. The fourth-order valence-electron chi connectivity index (χ4n) is 5.87. The first-order chi connectivity index (χ1) is 13.1. The first-order valence-corrected chi connectivity index (χ1v) is 12.4. The minimum Gasteiger partial charge on any atom is -0.481 e. The lowest BCUT2D eigenvalue weighted by Crippen LogP contribution is -2.29. The van der Waals surface area contributed by atoms with Gasteiger partial charge >= 0.3 is 5.97 Å². The quantitative estimate of drug-likeness (QED) is 0.417. The number of aliphatic carboxylic acids is 1. The van der Waals surface area contributed by atoms with Crippen LogP contribution in [0, 0.1) is 17.8 Å². The van der Waals surface area contributed by atoms with Gasteiger partial charge in [-0.1, -0.05) is 18.4 Å². The molecule has 0 aliphatic heterocycles. The average Bonchev–Trinajstić information content (AvgIpc) is 3.22. The van der Waals surface area contributed by atoms with Gasteiger partial charge in [0.05, 0.1) is 12.2 Å². The molecule has 1 N–H and O–H groups in total. The summed E-state index contributed by atoms with van der Waals surface area (Å²) < 4.78 is 6.58. The molecule has 0 bridgehead atoms. The van der Waals surface area contributed by atoms with E-state index < -0.39 is 5.97 Å². The van der Waals surface area contributed by atoms with Crippen LogP contribution in [0.4, 0.5) is 0 Å². The number of ether oxygens (including phenoxy) is 1. The molecule has 4 aliphatic rings.